The number of aryl methyl sites for hydroxylation is 1. The molecule has 1 rings (SSSR count). The monoisotopic (exact) mass is 196 g/mol. The summed E-state index contributed by atoms with van der Waals surface area (Å²) in [5.74, 6) is 0. The molecule has 0 aromatic carbocycles. The van der Waals surface area contributed by atoms with E-state index in [2.05, 4.69) is 38.0 Å². The topological polar surface area (TPSA) is 56.7 Å². The Morgan fingerprint density at radius 1 is 1.36 bits per heavy atom. The predicted molar refractivity (Wildman–Crippen MR) is 57.1 cm³/mol. The minimum Gasteiger partial charge on any atom is -0.330 e. The third-order valence-corrected chi connectivity index (χ3v) is 2.24. The first kappa shape index (κ1) is 11.2. The lowest BCUT2D eigenvalue weighted by molar-refractivity contribution is 0.339. The molecule has 1 aromatic rings. The van der Waals surface area contributed by atoms with Crippen LogP contribution in [0.15, 0.2) is 0 Å². The number of aromatic nitrogens is 3. The zero-order chi connectivity index (χ0) is 10.8. The predicted octanol–water partition coefficient (Wildman–Crippen LogP) is 1.23. The maximum Gasteiger partial charge on any atom is 0.0857 e. The molecule has 80 valence electrons. The van der Waals surface area contributed by atoms with Gasteiger partial charge in [0, 0.05) is 0 Å². The van der Waals surface area contributed by atoms with Crippen molar-refractivity contribution in [3.8, 4) is 0 Å². The van der Waals surface area contributed by atoms with Crippen molar-refractivity contribution >= 4 is 0 Å². The van der Waals surface area contributed by atoms with Gasteiger partial charge in [0.1, 0.15) is 0 Å². The van der Waals surface area contributed by atoms with E-state index in [0.717, 1.165) is 24.2 Å². The summed E-state index contributed by atoms with van der Waals surface area (Å²) in [6.07, 6.45) is 1.90. The van der Waals surface area contributed by atoms with Crippen molar-refractivity contribution < 1.29 is 0 Å². The molecule has 1 heterocycles. The van der Waals surface area contributed by atoms with E-state index in [9.17, 15) is 0 Å². The van der Waals surface area contributed by atoms with Crippen LogP contribution in [0.1, 0.15) is 38.6 Å². The second-order valence-corrected chi connectivity index (χ2v) is 4.60. The molecule has 0 fully saturated rings. The molecule has 0 aliphatic heterocycles. The minimum absolute atomic E-state index is 0.0120. The fourth-order valence-corrected chi connectivity index (χ4v) is 1.50. The van der Waals surface area contributed by atoms with Crippen LogP contribution in [0.2, 0.25) is 0 Å². The summed E-state index contributed by atoms with van der Waals surface area (Å²) in [4.78, 5) is 0. The van der Waals surface area contributed by atoms with Crippen LogP contribution in [0, 0.1) is 6.92 Å². The van der Waals surface area contributed by atoms with Crippen molar-refractivity contribution in [2.45, 2.75) is 46.1 Å². The molecule has 0 bridgehead atoms. The van der Waals surface area contributed by atoms with Gasteiger partial charge in [-0.1, -0.05) is 5.21 Å². The highest BCUT2D eigenvalue weighted by Crippen LogP contribution is 2.17. The molecule has 0 unspecified atom stereocenters. The first-order valence-corrected chi connectivity index (χ1v) is 5.08. The van der Waals surface area contributed by atoms with Gasteiger partial charge in [-0.05, 0) is 47.1 Å². The highest BCUT2D eigenvalue weighted by molar-refractivity contribution is 5.09. The van der Waals surface area contributed by atoms with Gasteiger partial charge in [0.25, 0.3) is 0 Å². The summed E-state index contributed by atoms with van der Waals surface area (Å²) in [5, 5.41) is 8.34. The fraction of sp³-hybridized carbons (Fsp3) is 0.800. The van der Waals surface area contributed by atoms with E-state index in [4.69, 9.17) is 5.73 Å². The van der Waals surface area contributed by atoms with E-state index in [1.54, 1.807) is 0 Å². The van der Waals surface area contributed by atoms with E-state index < -0.39 is 0 Å². The van der Waals surface area contributed by atoms with Crippen molar-refractivity contribution in [3.63, 3.8) is 0 Å². The molecular formula is C10H20N4. The van der Waals surface area contributed by atoms with Crippen molar-refractivity contribution in [1.29, 1.82) is 0 Å². The molecule has 0 saturated carbocycles. The van der Waals surface area contributed by atoms with E-state index >= 15 is 0 Å². The SMILES string of the molecule is Cc1c(CCCN)nnn1C(C)(C)C. The number of rotatable bonds is 3. The van der Waals surface area contributed by atoms with Crippen LogP contribution in [0.3, 0.4) is 0 Å². The number of hydrogen-bond acceptors (Lipinski definition) is 3. The average Bonchev–Trinajstić information content (AvgIpc) is 2.42. The van der Waals surface area contributed by atoms with E-state index in [0.29, 0.717) is 6.54 Å². The first-order chi connectivity index (χ1) is 6.46. The largest absolute Gasteiger partial charge is 0.330 e. The summed E-state index contributed by atoms with van der Waals surface area (Å²) in [7, 11) is 0. The molecule has 0 aliphatic rings. The Morgan fingerprint density at radius 3 is 2.43 bits per heavy atom. The zero-order valence-corrected chi connectivity index (χ0v) is 9.54. The van der Waals surface area contributed by atoms with Crippen molar-refractivity contribution in [3.05, 3.63) is 11.4 Å². The molecule has 0 saturated heterocycles. The van der Waals surface area contributed by atoms with E-state index in [1.165, 1.54) is 0 Å². The Labute approximate surface area is 85.5 Å². The Balaban J connectivity index is 2.86. The molecule has 14 heavy (non-hydrogen) atoms. The number of nitrogens with two attached hydrogens (primary N) is 1. The Bertz CT molecular complexity index is 296. The normalized spacial score (nSPS) is 12.1. The molecule has 2 N–H and O–H groups in total. The van der Waals surface area contributed by atoms with Crippen LogP contribution in [-0.2, 0) is 12.0 Å². The van der Waals surface area contributed by atoms with Gasteiger partial charge in [0.05, 0.1) is 16.9 Å². The van der Waals surface area contributed by atoms with Crippen LogP contribution in [-0.4, -0.2) is 21.5 Å². The van der Waals surface area contributed by atoms with Gasteiger partial charge < -0.3 is 5.73 Å². The molecule has 0 atom stereocenters. The maximum atomic E-state index is 5.46. The Hall–Kier alpha value is -0.900. The molecule has 4 nitrogen and oxygen atoms in total. The lowest BCUT2D eigenvalue weighted by atomic mass is 10.1. The van der Waals surface area contributed by atoms with Crippen LogP contribution in [0.25, 0.3) is 0 Å². The van der Waals surface area contributed by atoms with Crippen molar-refractivity contribution in [2.24, 2.45) is 5.73 Å². The fourth-order valence-electron chi connectivity index (χ4n) is 1.50. The molecule has 1 aromatic heterocycles. The van der Waals surface area contributed by atoms with Crippen LogP contribution >= 0.6 is 0 Å². The van der Waals surface area contributed by atoms with Gasteiger partial charge in [-0.15, -0.1) is 5.10 Å². The van der Waals surface area contributed by atoms with Gasteiger partial charge in [0.2, 0.25) is 0 Å². The summed E-state index contributed by atoms with van der Waals surface area (Å²) in [5.41, 5.74) is 7.71. The van der Waals surface area contributed by atoms with E-state index in [-0.39, 0.29) is 5.54 Å². The third kappa shape index (κ3) is 2.32. The first-order valence-electron chi connectivity index (χ1n) is 5.08. The van der Waals surface area contributed by atoms with Crippen LogP contribution < -0.4 is 5.73 Å². The summed E-state index contributed by atoms with van der Waals surface area (Å²) in [6, 6.07) is 0. The van der Waals surface area contributed by atoms with Crippen molar-refractivity contribution in [1.82, 2.24) is 15.0 Å². The van der Waals surface area contributed by atoms with Gasteiger partial charge in [-0.25, -0.2) is 4.68 Å². The molecule has 0 radical (unpaired) electrons. The maximum absolute atomic E-state index is 5.46. The number of nitrogens with zero attached hydrogens (tertiary/aromatic N) is 3. The summed E-state index contributed by atoms with van der Waals surface area (Å²) in [6.45, 7) is 9.16. The second-order valence-electron chi connectivity index (χ2n) is 4.60. The van der Waals surface area contributed by atoms with Crippen LogP contribution in [0.5, 0.6) is 0 Å². The summed E-state index contributed by atoms with van der Waals surface area (Å²) < 4.78 is 1.97. The van der Waals surface area contributed by atoms with Crippen molar-refractivity contribution in [2.75, 3.05) is 6.54 Å². The highest BCUT2D eigenvalue weighted by atomic mass is 15.5. The standard InChI is InChI=1S/C10H20N4/c1-8-9(6-5-7-11)12-13-14(8)10(2,3)4/h5-7,11H2,1-4H3. The van der Waals surface area contributed by atoms with E-state index in [1.807, 2.05) is 4.68 Å². The summed E-state index contributed by atoms with van der Waals surface area (Å²) >= 11 is 0. The molecule has 4 heteroatoms. The Morgan fingerprint density at radius 2 is 2.00 bits per heavy atom. The molecular weight excluding hydrogens is 176 g/mol. The van der Waals surface area contributed by atoms with Gasteiger partial charge in [-0.2, -0.15) is 0 Å². The number of hydrogen-bond donors (Lipinski definition) is 1. The third-order valence-electron chi connectivity index (χ3n) is 2.24. The average molecular weight is 196 g/mol. The Kier molecular flexibility index (Phi) is 3.26. The quantitative estimate of drug-likeness (QED) is 0.791. The van der Waals surface area contributed by atoms with Gasteiger partial charge >= 0.3 is 0 Å². The highest BCUT2D eigenvalue weighted by Gasteiger charge is 2.18. The molecule has 0 aliphatic carbocycles. The smallest absolute Gasteiger partial charge is 0.0857 e. The van der Waals surface area contributed by atoms with Gasteiger partial charge in [-0.3, -0.25) is 0 Å². The second kappa shape index (κ2) is 4.09. The van der Waals surface area contributed by atoms with Crippen LogP contribution in [0.4, 0.5) is 0 Å². The molecule has 0 spiro atoms. The minimum atomic E-state index is 0.0120. The molecule has 0 amide bonds. The zero-order valence-electron chi connectivity index (χ0n) is 9.54. The lowest BCUT2D eigenvalue weighted by Crippen LogP contribution is -2.24. The lowest BCUT2D eigenvalue weighted by Gasteiger charge is -2.20. The van der Waals surface area contributed by atoms with Gasteiger partial charge in [0.15, 0.2) is 0 Å².